The Morgan fingerprint density at radius 2 is 2.17 bits per heavy atom. The number of hydrogen-bond acceptors (Lipinski definition) is 3. The second kappa shape index (κ2) is 8.64. The van der Waals surface area contributed by atoms with Crippen LogP contribution >= 0.6 is 0 Å². The molecule has 0 radical (unpaired) electrons. The highest BCUT2D eigenvalue weighted by Crippen LogP contribution is 2.19. The van der Waals surface area contributed by atoms with Gasteiger partial charge in [-0.3, -0.25) is 9.69 Å². The smallest absolute Gasteiger partial charge is 0.237 e. The van der Waals surface area contributed by atoms with Crippen LogP contribution in [0.3, 0.4) is 0 Å². The van der Waals surface area contributed by atoms with Gasteiger partial charge in [-0.25, -0.2) is 4.98 Å². The van der Waals surface area contributed by atoms with Gasteiger partial charge in [-0.15, -0.1) is 0 Å². The van der Waals surface area contributed by atoms with Gasteiger partial charge in [0, 0.05) is 31.9 Å². The summed E-state index contributed by atoms with van der Waals surface area (Å²) in [6.45, 7) is 2.56. The Kier molecular flexibility index (Phi) is 6.01. The number of nitrogens with zero attached hydrogens (tertiary/aromatic N) is 2. The van der Waals surface area contributed by atoms with Gasteiger partial charge in [-0.05, 0) is 31.4 Å². The van der Waals surface area contributed by atoms with Crippen molar-refractivity contribution >= 4 is 5.91 Å². The maximum absolute atomic E-state index is 12.6. The van der Waals surface area contributed by atoms with E-state index in [9.17, 15) is 4.79 Å². The summed E-state index contributed by atoms with van der Waals surface area (Å²) >= 11 is 0. The first kappa shape index (κ1) is 16.7. The largest absolute Gasteiger partial charge is 0.355 e. The van der Waals surface area contributed by atoms with Gasteiger partial charge in [0.2, 0.25) is 5.91 Å². The second-order valence-electron chi connectivity index (χ2n) is 6.40. The average Bonchev–Trinajstić information content (AvgIpc) is 3.13. The van der Waals surface area contributed by atoms with Crippen molar-refractivity contribution in [2.75, 3.05) is 13.1 Å². The highest BCUT2D eigenvalue weighted by molar-refractivity contribution is 5.81. The van der Waals surface area contributed by atoms with Crippen LogP contribution in [0.15, 0.2) is 42.7 Å². The number of imidazole rings is 1. The van der Waals surface area contributed by atoms with Crippen LogP contribution in [0.1, 0.15) is 37.1 Å². The van der Waals surface area contributed by atoms with Gasteiger partial charge in [-0.2, -0.15) is 0 Å². The van der Waals surface area contributed by atoms with Crippen molar-refractivity contribution in [1.82, 2.24) is 20.2 Å². The molecule has 1 aromatic carbocycles. The van der Waals surface area contributed by atoms with Gasteiger partial charge in [-0.1, -0.05) is 36.8 Å². The zero-order chi connectivity index (χ0) is 16.6. The topological polar surface area (TPSA) is 61.0 Å². The number of likely N-dealkylation sites (tertiary alicyclic amines) is 1. The van der Waals surface area contributed by atoms with E-state index in [0.717, 1.165) is 44.6 Å². The molecule has 5 heteroatoms. The van der Waals surface area contributed by atoms with E-state index >= 15 is 0 Å². The van der Waals surface area contributed by atoms with E-state index in [1.807, 2.05) is 12.3 Å². The molecule has 2 N–H and O–H groups in total. The first-order valence-electron chi connectivity index (χ1n) is 8.87. The van der Waals surface area contributed by atoms with Gasteiger partial charge in [0.15, 0.2) is 0 Å². The summed E-state index contributed by atoms with van der Waals surface area (Å²) in [5.74, 6) is 1.15. The van der Waals surface area contributed by atoms with Crippen molar-refractivity contribution in [3.63, 3.8) is 0 Å². The molecule has 3 rings (SSSR count). The molecule has 128 valence electrons. The standard InChI is InChI=1S/C19H26N4O/c24-19(22-11-6-10-18-20-12-13-21-18)17-9-4-5-14-23(17)15-16-7-2-1-3-8-16/h1-3,7-8,12-13,17H,4-6,9-11,14-15H2,(H,20,21)(H,22,24)/t17-/m1/s1. The van der Waals surface area contributed by atoms with Gasteiger partial charge in [0.1, 0.15) is 5.82 Å². The fourth-order valence-corrected chi connectivity index (χ4v) is 3.32. The number of rotatable bonds is 7. The van der Waals surface area contributed by atoms with Crippen LogP contribution in [0.25, 0.3) is 0 Å². The zero-order valence-corrected chi connectivity index (χ0v) is 14.1. The minimum absolute atomic E-state index is 0.00238. The molecule has 0 unspecified atom stereocenters. The molecule has 0 bridgehead atoms. The molecule has 0 saturated carbocycles. The van der Waals surface area contributed by atoms with Crippen LogP contribution in [-0.2, 0) is 17.8 Å². The molecule has 1 aliphatic heterocycles. The monoisotopic (exact) mass is 326 g/mol. The molecule has 2 aromatic rings. The highest BCUT2D eigenvalue weighted by atomic mass is 16.2. The normalized spacial score (nSPS) is 18.4. The second-order valence-corrected chi connectivity index (χ2v) is 6.40. The number of carbonyl (C=O) groups excluding carboxylic acids is 1. The predicted octanol–water partition coefficient (Wildman–Crippen LogP) is 2.51. The van der Waals surface area contributed by atoms with Crippen LogP contribution in [0.5, 0.6) is 0 Å². The van der Waals surface area contributed by atoms with Crippen molar-refractivity contribution in [3.8, 4) is 0 Å². The minimum Gasteiger partial charge on any atom is -0.355 e. The molecule has 1 aromatic heterocycles. The number of aromatic amines is 1. The van der Waals surface area contributed by atoms with Crippen LogP contribution < -0.4 is 5.32 Å². The van der Waals surface area contributed by atoms with E-state index in [2.05, 4.69) is 44.5 Å². The third-order valence-electron chi connectivity index (χ3n) is 4.59. The van der Waals surface area contributed by atoms with Crippen molar-refractivity contribution in [2.45, 2.75) is 44.7 Å². The molecule has 0 aliphatic carbocycles. The number of amides is 1. The number of benzene rings is 1. The Hall–Kier alpha value is -2.14. The van der Waals surface area contributed by atoms with Gasteiger partial charge >= 0.3 is 0 Å². The molecular weight excluding hydrogens is 300 g/mol. The summed E-state index contributed by atoms with van der Waals surface area (Å²) in [5.41, 5.74) is 1.27. The summed E-state index contributed by atoms with van der Waals surface area (Å²) in [4.78, 5) is 22.2. The van der Waals surface area contributed by atoms with E-state index in [0.29, 0.717) is 6.54 Å². The van der Waals surface area contributed by atoms with Crippen molar-refractivity contribution in [2.24, 2.45) is 0 Å². The third-order valence-corrected chi connectivity index (χ3v) is 4.59. The van der Waals surface area contributed by atoms with Gasteiger partial charge in [0.25, 0.3) is 0 Å². The highest BCUT2D eigenvalue weighted by Gasteiger charge is 2.28. The van der Waals surface area contributed by atoms with E-state index in [4.69, 9.17) is 0 Å². The van der Waals surface area contributed by atoms with Crippen molar-refractivity contribution in [1.29, 1.82) is 0 Å². The SMILES string of the molecule is O=C(NCCCc1ncc[nH]1)[C@H]1CCCCN1Cc1ccccc1. The molecule has 1 atom stereocenters. The maximum atomic E-state index is 12.6. The molecule has 1 aliphatic rings. The van der Waals surface area contributed by atoms with E-state index in [-0.39, 0.29) is 11.9 Å². The third kappa shape index (κ3) is 4.68. The Morgan fingerprint density at radius 1 is 1.29 bits per heavy atom. The minimum atomic E-state index is 0.00238. The predicted molar refractivity (Wildman–Crippen MR) is 94.4 cm³/mol. The summed E-state index contributed by atoms with van der Waals surface area (Å²) in [7, 11) is 0. The van der Waals surface area contributed by atoms with Crippen LogP contribution in [-0.4, -0.2) is 39.9 Å². The number of piperidine rings is 1. The molecular formula is C19H26N4O. The first-order chi connectivity index (χ1) is 11.8. The first-order valence-corrected chi connectivity index (χ1v) is 8.87. The molecule has 1 amide bonds. The van der Waals surface area contributed by atoms with E-state index in [1.165, 1.54) is 12.0 Å². The van der Waals surface area contributed by atoms with Crippen LogP contribution in [0.2, 0.25) is 0 Å². The fraction of sp³-hybridized carbons (Fsp3) is 0.474. The Labute approximate surface area is 143 Å². The molecule has 1 saturated heterocycles. The number of nitrogens with one attached hydrogen (secondary N) is 2. The molecule has 0 spiro atoms. The molecule has 1 fully saturated rings. The lowest BCUT2D eigenvalue weighted by Crippen LogP contribution is -2.49. The van der Waals surface area contributed by atoms with Crippen molar-refractivity contribution < 1.29 is 4.79 Å². The van der Waals surface area contributed by atoms with Crippen LogP contribution in [0, 0.1) is 0 Å². The molecule has 2 heterocycles. The van der Waals surface area contributed by atoms with E-state index < -0.39 is 0 Å². The summed E-state index contributed by atoms with van der Waals surface area (Å²) in [6, 6.07) is 10.4. The van der Waals surface area contributed by atoms with Gasteiger partial charge < -0.3 is 10.3 Å². The summed E-state index contributed by atoms with van der Waals surface area (Å²) in [6.07, 6.45) is 8.63. The Balaban J connectivity index is 1.47. The summed E-state index contributed by atoms with van der Waals surface area (Å²) in [5, 5.41) is 3.11. The van der Waals surface area contributed by atoms with Crippen molar-refractivity contribution in [3.05, 3.63) is 54.1 Å². The zero-order valence-electron chi connectivity index (χ0n) is 14.1. The lowest BCUT2D eigenvalue weighted by atomic mass is 10.0. The maximum Gasteiger partial charge on any atom is 0.237 e. The molecule has 5 nitrogen and oxygen atoms in total. The quantitative estimate of drug-likeness (QED) is 0.769. The number of aromatic nitrogens is 2. The number of hydrogen-bond donors (Lipinski definition) is 2. The Bertz CT molecular complexity index is 612. The number of aryl methyl sites for hydroxylation is 1. The van der Waals surface area contributed by atoms with E-state index in [1.54, 1.807) is 6.20 Å². The summed E-state index contributed by atoms with van der Waals surface area (Å²) < 4.78 is 0. The Morgan fingerprint density at radius 3 is 2.96 bits per heavy atom. The fourth-order valence-electron chi connectivity index (χ4n) is 3.32. The molecule has 24 heavy (non-hydrogen) atoms. The van der Waals surface area contributed by atoms with Crippen LogP contribution in [0.4, 0.5) is 0 Å². The lowest BCUT2D eigenvalue weighted by Gasteiger charge is -2.34. The number of H-pyrrole nitrogens is 1. The lowest BCUT2D eigenvalue weighted by molar-refractivity contribution is -0.127. The number of carbonyl (C=O) groups is 1. The average molecular weight is 326 g/mol. The van der Waals surface area contributed by atoms with Gasteiger partial charge in [0.05, 0.1) is 6.04 Å².